The molecule has 0 radical (unpaired) electrons. The number of benzene rings is 3. The summed E-state index contributed by atoms with van der Waals surface area (Å²) in [5.41, 5.74) is 1.07. The van der Waals surface area contributed by atoms with Gasteiger partial charge in [0, 0.05) is 88.2 Å². The molecule has 3 aliphatic rings. The summed E-state index contributed by atoms with van der Waals surface area (Å²) in [6.45, 7) is 17.0. The Labute approximate surface area is 615 Å². The lowest BCUT2D eigenvalue weighted by atomic mass is 9.97. The van der Waals surface area contributed by atoms with Gasteiger partial charge in [-0.3, -0.25) is 57.5 Å². The van der Waals surface area contributed by atoms with Crippen LogP contribution in [-0.4, -0.2) is 274 Å². The Kier molecular flexibility index (Phi) is 31.0. The number of aliphatic hydroxyl groups is 1. The molecule has 104 heavy (non-hydrogen) atoms. The van der Waals surface area contributed by atoms with Crippen LogP contribution in [0.1, 0.15) is 137 Å². The van der Waals surface area contributed by atoms with Gasteiger partial charge in [-0.05, 0) is 107 Å². The maximum absolute atomic E-state index is 15.9. The Hall–Kier alpha value is -8.78. The zero-order valence-electron chi connectivity index (χ0n) is 64.3. The fourth-order valence-corrected chi connectivity index (χ4v) is 13.9. The van der Waals surface area contributed by atoms with Crippen LogP contribution in [0.2, 0.25) is 0 Å². The van der Waals surface area contributed by atoms with E-state index in [1.807, 2.05) is 27.7 Å². The highest BCUT2D eigenvalue weighted by molar-refractivity contribution is 6.00. The van der Waals surface area contributed by atoms with Crippen molar-refractivity contribution >= 4 is 70.9 Å². The van der Waals surface area contributed by atoms with E-state index < -0.39 is 168 Å². The molecule has 11 atom stereocenters. The van der Waals surface area contributed by atoms with E-state index in [1.54, 1.807) is 131 Å². The summed E-state index contributed by atoms with van der Waals surface area (Å²) in [7, 11) is 9.81. The van der Waals surface area contributed by atoms with Gasteiger partial charge in [-0.1, -0.05) is 133 Å². The van der Waals surface area contributed by atoms with Gasteiger partial charge in [-0.2, -0.15) is 0 Å². The maximum Gasteiger partial charge on any atom is 0.248 e. The third-order valence-electron chi connectivity index (χ3n) is 20.1. The van der Waals surface area contributed by atoms with Crippen molar-refractivity contribution in [3.8, 4) is 0 Å². The standard InChI is InChI=1S/C78H116N12O14/c1-49(2)41-56-71(97)83(12)59(42-50(3)4)69(95)81-66(52(7)91)77(103)82(11)47-65(93)88(17)67(51(5)6)70(96)80-57(48-104-78(8,9)10)72(98)85(14)61(44-54-33-24-19-25-34-54)74(100)86(15)62(45-55-35-26-20-27-36-55)75(101)87(16)63(76(102)89-38-28-21-29-39-89)46-64(92)90-40-30-37-58(90)73(99)84(13)60(68(94)79-56)43-53-31-22-18-23-32-53/h18-20,22-27,31-36,49-52,56-63,66-67,91H,21,28-30,37-48H2,1-17H3,(H,79,94)(H,80,96)(H,81,95)/t52-,56+,57+,58+,59+,60+,61+,62+,63+,66+,67+/m1/s1. The minimum Gasteiger partial charge on any atom is -0.391 e. The first-order valence-corrected chi connectivity index (χ1v) is 36.7. The second-order valence-electron chi connectivity index (χ2n) is 30.6. The first-order valence-electron chi connectivity index (χ1n) is 36.7. The number of rotatable bonds is 15. The van der Waals surface area contributed by atoms with Crippen molar-refractivity contribution in [1.29, 1.82) is 0 Å². The number of carbonyl (C=O) groups is 12. The average Bonchev–Trinajstić information content (AvgIpc) is 1.30. The topological polar surface area (TPSA) is 300 Å². The molecule has 3 aromatic carbocycles. The second kappa shape index (κ2) is 38.3. The van der Waals surface area contributed by atoms with Crippen LogP contribution in [0.15, 0.2) is 91.0 Å². The van der Waals surface area contributed by atoms with Crippen molar-refractivity contribution < 1.29 is 67.4 Å². The van der Waals surface area contributed by atoms with Gasteiger partial charge in [-0.15, -0.1) is 0 Å². The van der Waals surface area contributed by atoms with E-state index >= 15 is 38.4 Å². The number of likely N-dealkylation sites (N-methyl/N-ethyl adjacent to an activating group) is 7. The van der Waals surface area contributed by atoms with Crippen LogP contribution in [0.3, 0.4) is 0 Å². The molecular formula is C78H116N12O14. The Bertz CT molecular complexity index is 3440. The smallest absolute Gasteiger partial charge is 0.248 e. The summed E-state index contributed by atoms with van der Waals surface area (Å²) in [5, 5.41) is 19.7. The zero-order valence-corrected chi connectivity index (χ0v) is 64.3. The van der Waals surface area contributed by atoms with Gasteiger partial charge in [0.1, 0.15) is 60.4 Å². The number of nitrogens with one attached hydrogen (secondary N) is 3. The fraction of sp³-hybridized carbons (Fsp3) is 0.615. The number of piperidine rings is 1. The van der Waals surface area contributed by atoms with Gasteiger partial charge >= 0.3 is 0 Å². The van der Waals surface area contributed by atoms with Crippen LogP contribution >= 0.6 is 0 Å². The summed E-state index contributed by atoms with van der Waals surface area (Å²) in [4.78, 5) is 194. The first-order chi connectivity index (χ1) is 48.9. The highest BCUT2D eigenvalue weighted by Crippen LogP contribution is 2.28. The van der Waals surface area contributed by atoms with Crippen LogP contribution < -0.4 is 16.0 Å². The predicted octanol–water partition coefficient (Wildman–Crippen LogP) is 3.94. The lowest BCUT2D eigenvalue weighted by Gasteiger charge is -2.40. The second-order valence-corrected chi connectivity index (χ2v) is 30.6. The minimum atomic E-state index is -1.66. The molecule has 0 aliphatic carbocycles. The number of carbonyl (C=O) groups excluding carboxylic acids is 12. The Balaban J connectivity index is 1.53. The van der Waals surface area contributed by atoms with Gasteiger partial charge in [0.25, 0.3) is 0 Å². The number of fused-ring (bicyclic) bond motifs is 1. The highest BCUT2D eigenvalue weighted by Gasteiger charge is 2.47. The van der Waals surface area contributed by atoms with Gasteiger partial charge in [0.2, 0.25) is 70.9 Å². The molecule has 0 spiro atoms. The molecule has 26 heteroatoms. The molecule has 0 unspecified atom stereocenters. The molecule has 572 valence electrons. The summed E-state index contributed by atoms with van der Waals surface area (Å²) in [6.07, 6.45) is 0.576. The van der Waals surface area contributed by atoms with Gasteiger partial charge in [-0.25, -0.2) is 0 Å². The van der Waals surface area contributed by atoms with Gasteiger partial charge in [0.05, 0.1) is 31.3 Å². The predicted molar refractivity (Wildman–Crippen MR) is 394 cm³/mol. The number of ether oxygens (including phenoxy) is 1. The van der Waals surface area contributed by atoms with Crippen LogP contribution in [0, 0.1) is 17.8 Å². The third-order valence-corrected chi connectivity index (χ3v) is 20.1. The van der Waals surface area contributed by atoms with Crippen LogP contribution in [-0.2, 0) is 81.5 Å². The number of aliphatic hydroxyl groups excluding tert-OH is 1. The molecule has 26 nitrogen and oxygen atoms in total. The summed E-state index contributed by atoms with van der Waals surface area (Å²) < 4.78 is 6.23. The number of nitrogens with zero attached hydrogens (tertiary/aromatic N) is 9. The van der Waals surface area contributed by atoms with Crippen molar-refractivity contribution in [3.63, 3.8) is 0 Å². The fourth-order valence-electron chi connectivity index (χ4n) is 13.9. The Morgan fingerprint density at radius 2 is 0.942 bits per heavy atom. The molecule has 12 amide bonds. The van der Waals surface area contributed by atoms with E-state index in [0.717, 1.165) is 16.2 Å². The van der Waals surface area contributed by atoms with E-state index in [0.29, 0.717) is 49.0 Å². The number of amides is 12. The average molecular weight is 1450 g/mol. The molecule has 3 saturated heterocycles. The van der Waals surface area contributed by atoms with E-state index in [1.165, 1.54) is 85.7 Å². The maximum atomic E-state index is 15.9. The Morgan fingerprint density at radius 3 is 1.43 bits per heavy atom. The van der Waals surface area contributed by atoms with Crippen LogP contribution in [0.25, 0.3) is 0 Å². The molecule has 3 heterocycles. The van der Waals surface area contributed by atoms with Gasteiger partial charge < -0.3 is 69.9 Å². The molecule has 6 rings (SSSR count). The summed E-state index contributed by atoms with van der Waals surface area (Å²) >= 11 is 0. The van der Waals surface area contributed by atoms with Crippen molar-refractivity contribution in [3.05, 3.63) is 108 Å². The molecular weight excluding hydrogens is 1330 g/mol. The van der Waals surface area contributed by atoms with Crippen molar-refractivity contribution in [1.82, 2.24) is 60.0 Å². The van der Waals surface area contributed by atoms with Crippen molar-refractivity contribution in [2.75, 3.05) is 82.1 Å². The van der Waals surface area contributed by atoms with E-state index in [2.05, 4.69) is 16.0 Å². The lowest BCUT2D eigenvalue weighted by Crippen LogP contribution is -2.62. The zero-order chi connectivity index (χ0) is 77.2. The summed E-state index contributed by atoms with van der Waals surface area (Å²) in [6, 6.07) is 13.2. The number of hydrogen-bond donors (Lipinski definition) is 4. The van der Waals surface area contributed by atoms with E-state index in [9.17, 15) is 24.3 Å². The molecule has 4 N–H and O–H groups in total. The normalized spacial score (nSPS) is 25.2. The molecule has 0 aromatic heterocycles. The van der Waals surface area contributed by atoms with E-state index in [4.69, 9.17) is 4.74 Å². The highest BCUT2D eigenvalue weighted by atomic mass is 16.5. The largest absolute Gasteiger partial charge is 0.391 e. The molecule has 3 aliphatic heterocycles. The SMILES string of the molecule is CC(C)C[C@@H]1NC(=O)[C@H](Cc2ccccc2)N(C)C(=O)[C@@H]2CCCN2C(=O)C[C@@H](C(=O)N2CCCCC2)N(C)C(=O)[C@H](Cc2ccccc2)N(C)C(=O)[C@H](Cc2ccccc2)N(C)C(=O)[C@H](COC(C)(C)C)NC(=O)[C@H](C(C)C)N(C)C(=O)CN(C)C(=O)[C@H]([C@@H](C)O)NC(=O)[C@H](CC(C)C)N(C)C1=O. The number of likely N-dealkylation sites (tertiary alicyclic amines) is 1. The monoisotopic (exact) mass is 1440 g/mol. The number of hydrogen-bond acceptors (Lipinski definition) is 14. The third kappa shape index (κ3) is 22.6. The lowest BCUT2D eigenvalue weighted by molar-refractivity contribution is -0.156. The van der Waals surface area contributed by atoms with Gasteiger partial charge in [0.15, 0.2) is 0 Å². The molecule has 0 saturated carbocycles. The first kappa shape index (κ1) is 84.2. The van der Waals surface area contributed by atoms with Crippen LogP contribution in [0.4, 0.5) is 0 Å². The summed E-state index contributed by atoms with van der Waals surface area (Å²) in [5.74, 6) is -9.58. The quantitative estimate of drug-likeness (QED) is 0.168. The Morgan fingerprint density at radius 1 is 0.490 bits per heavy atom. The minimum absolute atomic E-state index is 0.0297. The van der Waals surface area contributed by atoms with Crippen LogP contribution in [0.5, 0.6) is 0 Å². The molecule has 0 bridgehead atoms. The molecule has 3 fully saturated rings. The van der Waals surface area contributed by atoms with E-state index in [-0.39, 0.29) is 56.9 Å². The van der Waals surface area contributed by atoms with Crippen molar-refractivity contribution in [2.45, 2.75) is 212 Å². The molecule has 3 aromatic rings. The van der Waals surface area contributed by atoms with Crippen molar-refractivity contribution in [2.24, 2.45) is 17.8 Å².